The van der Waals surface area contributed by atoms with Crippen LogP contribution in [-0.2, 0) is 16.4 Å². The van der Waals surface area contributed by atoms with Crippen molar-refractivity contribution in [3.05, 3.63) is 78.6 Å². The van der Waals surface area contributed by atoms with E-state index in [1.165, 1.54) is 10.6 Å². The number of sulfone groups is 1. The Hall–Kier alpha value is -2.97. The fourth-order valence-electron chi connectivity index (χ4n) is 2.81. The maximum Gasteiger partial charge on any atom is 0.254 e. The van der Waals surface area contributed by atoms with Gasteiger partial charge in [-0.1, -0.05) is 43.3 Å². The van der Waals surface area contributed by atoms with Crippen molar-refractivity contribution in [2.24, 2.45) is 5.73 Å². The van der Waals surface area contributed by atoms with Crippen molar-refractivity contribution in [2.75, 3.05) is 5.75 Å². The Kier molecular flexibility index (Phi) is 6.46. The first-order valence-corrected chi connectivity index (χ1v) is 10.9. The van der Waals surface area contributed by atoms with Crippen LogP contribution in [0.2, 0.25) is 0 Å². The highest BCUT2D eigenvalue weighted by atomic mass is 32.2. The lowest BCUT2D eigenvalue weighted by Gasteiger charge is -2.14. The second kappa shape index (κ2) is 9.02. The molecule has 3 rings (SSSR count). The number of hydrogen-bond acceptors (Lipinski definition) is 6. The van der Waals surface area contributed by atoms with Crippen molar-refractivity contribution < 1.29 is 13.2 Å². The lowest BCUT2D eigenvalue weighted by atomic mass is 10.2. The third-order valence-corrected chi connectivity index (χ3v) is 5.88. The highest BCUT2D eigenvalue weighted by Crippen LogP contribution is 2.24. The van der Waals surface area contributed by atoms with Gasteiger partial charge in [0, 0.05) is 5.69 Å². The van der Waals surface area contributed by atoms with Gasteiger partial charge in [0.15, 0.2) is 5.82 Å². The smallest absolute Gasteiger partial charge is 0.254 e. The minimum Gasteiger partial charge on any atom is -0.489 e. The van der Waals surface area contributed by atoms with E-state index in [1.54, 1.807) is 24.3 Å². The summed E-state index contributed by atoms with van der Waals surface area (Å²) in [5.74, 6) is 0.834. The average Bonchev–Trinajstić information content (AvgIpc) is 3.19. The molecule has 0 radical (unpaired) electrons. The number of nitrogens with two attached hydrogens (primary N) is 1. The van der Waals surface area contributed by atoms with Crippen molar-refractivity contribution in [3.63, 3.8) is 0 Å². The van der Waals surface area contributed by atoms with E-state index in [1.807, 2.05) is 37.3 Å². The second-order valence-electron chi connectivity index (χ2n) is 6.53. The molecule has 0 saturated carbocycles. The molecule has 29 heavy (non-hydrogen) atoms. The monoisotopic (exact) mass is 412 g/mol. The summed E-state index contributed by atoms with van der Waals surface area (Å²) >= 11 is 0. The van der Waals surface area contributed by atoms with Gasteiger partial charge in [0.05, 0.1) is 11.8 Å². The zero-order chi connectivity index (χ0) is 20.9. The standard InChI is InChI=1S/C21H24N4O3S/c1-3-14-29(26,27)21-24-23-20(19(22)4-2)25(21)17-10-12-18(13-11-17)28-15-16-8-6-5-7-9-16/h3,5-13,19H,1,4,14-15,22H2,2H3. The van der Waals surface area contributed by atoms with Crippen molar-refractivity contribution in [1.82, 2.24) is 14.8 Å². The summed E-state index contributed by atoms with van der Waals surface area (Å²) in [7, 11) is -3.68. The van der Waals surface area contributed by atoms with E-state index in [9.17, 15) is 8.42 Å². The fourth-order valence-corrected chi connectivity index (χ4v) is 3.91. The molecule has 0 fully saturated rings. The number of aromatic nitrogens is 3. The number of rotatable bonds is 9. The first-order valence-electron chi connectivity index (χ1n) is 9.28. The van der Waals surface area contributed by atoms with Gasteiger partial charge in [0.2, 0.25) is 9.84 Å². The van der Waals surface area contributed by atoms with Gasteiger partial charge in [-0.25, -0.2) is 8.42 Å². The van der Waals surface area contributed by atoms with Gasteiger partial charge in [0.1, 0.15) is 12.4 Å². The molecule has 0 spiro atoms. The van der Waals surface area contributed by atoms with E-state index in [-0.39, 0.29) is 10.9 Å². The zero-order valence-corrected chi connectivity index (χ0v) is 17.0. The van der Waals surface area contributed by atoms with E-state index in [2.05, 4.69) is 16.8 Å². The predicted octanol–water partition coefficient (Wildman–Crippen LogP) is 3.22. The molecule has 1 aromatic heterocycles. The topological polar surface area (TPSA) is 100 Å². The van der Waals surface area contributed by atoms with Crippen LogP contribution in [0.5, 0.6) is 5.75 Å². The van der Waals surface area contributed by atoms with Crippen LogP contribution in [-0.4, -0.2) is 28.9 Å². The summed E-state index contributed by atoms with van der Waals surface area (Å²) in [6.07, 6.45) is 1.92. The first kappa shape index (κ1) is 20.8. The van der Waals surface area contributed by atoms with Crippen LogP contribution in [0, 0.1) is 0 Å². The quantitative estimate of drug-likeness (QED) is 0.542. The molecule has 0 aliphatic heterocycles. The van der Waals surface area contributed by atoms with Crippen molar-refractivity contribution in [2.45, 2.75) is 31.1 Å². The first-order chi connectivity index (χ1) is 14.0. The van der Waals surface area contributed by atoms with Gasteiger partial charge in [-0.3, -0.25) is 4.57 Å². The molecule has 8 heteroatoms. The average molecular weight is 413 g/mol. The molecule has 0 amide bonds. The number of benzene rings is 2. The Morgan fingerprint density at radius 2 is 1.83 bits per heavy atom. The molecule has 1 atom stereocenters. The summed E-state index contributed by atoms with van der Waals surface area (Å²) in [6, 6.07) is 16.5. The molecule has 1 unspecified atom stereocenters. The molecule has 7 nitrogen and oxygen atoms in total. The summed E-state index contributed by atoms with van der Waals surface area (Å²) in [5.41, 5.74) is 7.80. The lowest BCUT2D eigenvalue weighted by molar-refractivity contribution is 0.306. The third kappa shape index (κ3) is 4.72. The molecule has 3 aromatic rings. The maximum atomic E-state index is 12.6. The predicted molar refractivity (Wildman–Crippen MR) is 112 cm³/mol. The highest BCUT2D eigenvalue weighted by molar-refractivity contribution is 7.91. The van der Waals surface area contributed by atoms with Crippen LogP contribution >= 0.6 is 0 Å². The molecule has 0 saturated heterocycles. The van der Waals surface area contributed by atoms with Crippen LogP contribution in [0.15, 0.2) is 72.4 Å². The molecule has 152 valence electrons. The Morgan fingerprint density at radius 3 is 2.45 bits per heavy atom. The third-order valence-electron chi connectivity index (χ3n) is 4.39. The minimum absolute atomic E-state index is 0.144. The Morgan fingerprint density at radius 1 is 1.14 bits per heavy atom. The van der Waals surface area contributed by atoms with Crippen LogP contribution in [0.1, 0.15) is 30.8 Å². The second-order valence-corrected chi connectivity index (χ2v) is 8.46. The van der Waals surface area contributed by atoms with Crippen molar-refractivity contribution >= 4 is 9.84 Å². The highest BCUT2D eigenvalue weighted by Gasteiger charge is 2.26. The molecule has 0 aliphatic rings. The zero-order valence-electron chi connectivity index (χ0n) is 16.2. The Bertz CT molecular complexity index is 1060. The van der Waals surface area contributed by atoms with E-state index in [0.29, 0.717) is 30.3 Å². The SMILES string of the molecule is C=CCS(=O)(=O)c1nnc(C(N)CC)n1-c1ccc(OCc2ccccc2)cc1. The molecule has 2 aromatic carbocycles. The largest absolute Gasteiger partial charge is 0.489 e. The normalized spacial score (nSPS) is 12.5. The molecule has 0 aliphatic carbocycles. The van der Waals surface area contributed by atoms with Gasteiger partial charge in [-0.2, -0.15) is 0 Å². The number of hydrogen-bond donors (Lipinski definition) is 1. The van der Waals surface area contributed by atoms with E-state index < -0.39 is 15.9 Å². The maximum absolute atomic E-state index is 12.6. The summed E-state index contributed by atoms with van der Waals surface area (Å²) in [6.45, 7) is 5.86. The van der Waals surface area contributed by atoms with Crippen molar-refractivity contribution in [3.8, 4) is 11.4 Å². The summed E-state index contributed by atoms with van der Waals surface area (Å²) in [5, 5.41) is 7.83. The molecule has 0 bridgehead atoms. The molecular weight excluding hydrogens is 388 g/mol. The van der Waals surface area contributed by atoms with Gasteiger partial charge in [0.25, 0.3) is 5.16 Å². The van der Waals surface area contributed by atoms with Gasteiger partial charge in [-0.05, 0) is 36.2 Å². The Balaban J connectivity index is 1.92. The fraction of sp³-hybridized carbons (Fsp3) is 0.238. The minimum atomic E-state index is -3.68. The van der Waals surface area contributed by atoms with Gasteiger partial charge < -0.3 is 10.5 Å². The summed E-state index contributed by atoms with van der Waals surface area (Å²) < 4.78 is 32.5. The lowest BCUT2D eigenvalue weighted by Crippen LogP contribution is -2.18. The van der Waals surface area contributed by atoms with Gasteiger partial charge in [-0.15, -0.1) is 16.8 Å². The molecule has 1 heterocycles. The van der Waals surface area contributed by atoms with Crippen molar-refractivity contribution in [1.29, 1.82) is 0 Å². The molecule has 2 N–H and O–H groups in total. The van der Waals surface area contributed by atoms with Crippen LogP contribution in [0.3, 0.4) is 0 Å². The van der Waals surface area contributed by atoms with E-state index in [4.69, 9.17) is 10.5 Å². The Labute approximate surface area is 170 Å². The number of nitrogens with zero attached hydrogens (tertiary/aromatic N) is 3. The van der Waals surface area contributed by atoms with Crippen LogP contribution < -0.4 is 10.5 Å². The van der Waals surface area contributed by atoms with Crippen LogP contribution in [0.4, 0.5) is 0 Å². The summed E-state index contributed by atoms with van der Waals surface area (Å²) in [4.78, 5) is 0. The van der Waals surface area contributed by atoms with Crippen LogP contribution in [0.25, 0.3) is 5.69 Å². The van der Waals surface area contributed by atoms with Gasteiger partial charge >= 0.3 is 0 Å². The van der Waals surface area contributed by atoms with E-state index >= 15 is 0 Å². The molecular formula is C21H24N4O3S. The number of ether oxygens (including phenoxy) is 1. The van der Waals surface area contributed by atoms with E-state index in [0.717, 1.165) is 5.56 Å².